The van der Waals surface area contributed by atoms with Gasteiger partial charge in [-0.15, -0.1) is 5.10 Å². The predicted molar refractivity (Wildman–Crippen MR) is 53.5 cm³/mol. The highest BCUT2D eigenvalue weighted by atomic mass is 16.2. The summed E-state index contributed by atoms with van der Waals surface area (Å²) in [5.74, 6) is 0.317. The van der Waals surface area contributed by atoms with Crippen molar-refractivity contribution in [3.63, 3.8) is 0 Å². The van der Waals surface area contributed by atoms with Crippen molar-refractivity contribution in [1.82, 2.24) is 24.9 Å². The van der Waals surface area contributed by atoms with Crippen LogP contribution in [0.5, 0.6) is 0 Å². The van der Waals surface area contributed by atoms with E-state index in [1.165, 1.54) is 0 Å². The Labute approximate surface area is 86.3 Å². The number of carbonyl (C=O) groups excluding carboxylic acids is 1. The maximum atomic E-state index is 11.4. The van der Waals surface area contributed by atoms with E-state index < -0.39 is 0 Å². The van der Waals surface area contributed by atoms with Crippen molar-refractivity contribution in [2.75, 3.05) is 6.54 Å². The maximum Gasteiger partial charge on any atom is 0.291 e. The maximum absolute atomic E-state index is 11.4. The minimum atomic E-state index is -0.276. The van der Waals surface area contributed by atoms with Gasteiger partial charge in [0.1, 0.15) is 0 Å². The van der Waals surface area contributed by atoms with Gasteiger partial charge in [-0.3, -0.25) is 4.79 Å². The van der Waals surface area contributed by atoms with Gasteiger partial charge in [0.2, 0.25) is 5.82 Å². The van der Waals surface area contributed by atoms with Crippen LogP contribution in [0.2, 0.25) is 0 Å². The fraction of sp³-hybridized carbons (Fsp3) is 0.333. The van der Waals surface area contributed by atoms with Crippen molar-refractivity contribution in [2.24, 2.45) is 0 Å². The molecule has 0 radical (unpaired) electrons. The third-order valence-corrected chi connectivity index (χ3v) is 1.97. The van der Waals surface area contributed by atoms with Gasteiger partial charge in [-0.1, -0.05) is 0 Å². The van der Waals surface area contributed by atoms with Crippen LogP contribution in [-0.4, -0.2) is 32.0 Å². The van der Waals surface area contributed by atoms with E-state index in [1.54, 1.807) is 10.7 Å². The number of amides is 1. The summed E-state index contributed by atoms with van der Waals surface area (Å²) in [6, 6.07) is 1.81. The molecule has 0 saturated heterocycles. The van der Waals surface area contributed by atoms with Gasteiger partial charge in [0.15, 0.2) is 0 Å². The zero-order valence-electron chi connectivity index (χ0n) is 8.56. The van der Waals surface area contributed by atoms with Crippen LogP contribution < -0.4 is 5.32 Å². The highest BCUT2D eigenvalue weighted by Crippen LogP contribution is 2.01. The lowest BCUT2D eigenvalue weighted by atomic mass is 10.5. The van der Waals surface area contributed by atoms with E-state index in [9.17, 15) is 4.79 Å². The zero-order valence-corrected chi connectivity index (χ0v) is 8.56. The summed E-state index contributed by atoms with van der Waals surface area (Å²) in [5, 5.41) is 6.70. The van der Waals surface area contributed by atoms with E-state index in [1.807, 2.05) is 19.9 Å². The molecule has 2 aromatic rings. The van der Waals surface area contributed by atoms with E-state index in [4.69, 9.17) is 0 Å². The molecular formula is C9H11N5O. The van der Waals surface area contributed by atoms with Gasteiger partial charge in [0.05, 0.1) is 0 Å². The van der Waals surface area contributed by atoms with Crippen molar-refractivity contribution in [1.29, 1.82) is 0 Å². The first-order chi connectivity index (χ1) is 7.22. The normalized spacial score (nSPS) is 10.5. The number of aromatic nitrogens is 4. The molecule has 2 heterocycles. The van der Waals surface area contributed by atoms with Crippen LogP contribution in [0.25, 0.3) is 5.78 Å². The third-order valence-electron chi connectivity index (χ3n) is 1.97. The first-order valence-electron chi connectivity index (χ1n) is 4.69. The van der Waals surface area contributed by atoms with E-state index in [-0.39, 0.29) is 11.7 Å². The van der Waals surface area contributed by atoms with Crippen molar-refractivity contribution >= 4 is 11.7 Å². The summed E-state index contributed by atoms with van der Waals surface area (Å²) < 4.78 is 1.55. The molecule has 0 aliphatic heterocycles. The van der Waals surface area contributed by atoms with Crippen molar-refractivity contribution in [2.45, 2.75) is 13.8 Å². The Morgan fingerprint density at radius 2 is 2.40 bits per heavy atom. The van der Waals surface area contributed by atoms with Gasteiger partial charge in [-0.2, -0.15) is 4.98 Å². The molecule has 0 unspecified atom stereocenters. The summed E-state index contributed by atoms with van der Waals surface area (Å²) in [5.41, 5.74) is 0.892. The molecule has 15 heavy (non-hydrogen) atoms. The number of aryl methyl sites for hydroxylation is 1. The predicted octanol–water partition coefficient (Wildman–Crippen LogP) is 0.182. The topological polar surface area (TPSA) is 72.2 Å². The lowest BCUT2D eigenvalue weighted by Crippen LogP contribution is -2.23. The van der Waals surface area contributed by atoms with Crippen LogP contribution in [0.3, 0.4) is 0 Å². The molecule has 78 valence electrons. The zero-order chi connectivity index (χ0) is 10.8. The molecule has 6 nitrogen and oxygen atoms in total. The average Bonchev–Trinajstić information content (AvgIpc) is 2.63. The van der Waals surface area contributed by atoms with Crippen LogP contribution in [-0.2, 0) is 0 Å². The second-order valence-electron chi connectivity index (χ2n) is 3.09. The highest BCUT2D eigenvalue weighted by Gasteiger charge is 2.12. The van der Waals surface area contributed by atoms with Crippen molar-refractivity contribution < 1.29 is 4.79 Å². The fourth-order valence-corrected chi connectivity index (χ4v) is 1.24. The lowest BCUT2D eigenvalue weighted by molar-refractivity contribution is 0.0945. The molecular weight excluding hydrogens is 194 g/mol. The second kappa shape index (κ2) is 3.64. The Balaban J connectivity index is 2.47. The molecule has 0 aromatic carbocycles. The Hall–Kier alpha value is -1.98. The van der Waals surface area contributed by atoms with Gasteiger partial charge in [0, 0.05) is 18.4 Å². The quantitative estimate of drug-likeness (QED) is 0.759. The second-order valence-corrected chi connectivity index (χ2v) is 3.09. The highest BCUT2D eigenvalue weighted by molar-refractivity contribution is 5.90. The number of nitrogens with zero attached hydrogens (tertiary/aromatic N) is 4. The number of rotatable bonds is 2. The minimum absolute atomic E-state index is 0.152. The van der Waals surface area contributed by atoms with E-state index >= 15 is 0 Å². The monoisotopic (exact) mass is 205 g/mol. The molecule has 1 N–H and O–H groups in total. The molecule has 0 saturated carbocycles. The summed E-state index contributed by atoms with van der Waals surface area (Å²) in [6.45, 7) is 4.28. The van der Waals surface area contributed by atoms with Gasteiger partial charge in [0.25, 0.3) is 11.7 Å². The number of carbonyl (C=O) groups is 1. The first kappa shape index (κ1) is 9.57. The van der Waals surface area contributed by atoms with Crippen LogP contribution >= 0.6 is 0 Å². The van der Waals surface area contributed by atoms with E-state index in [0.29, 0.717) is 12.3 Å². The molecule has 0 bridgehead atoms. The molecule has 6 heteroatoms. The summed E-state index contributed by atoms with van der Waals surface area (Å²) in [4.78, 5) is 19.5. The Morgan fingerprint density at radius 1 is 1.60 bits per heavy atom. The van der Waals surface area contributed by atoms with E-state index in [0.717, 1.165) is 5.69 Å². The molecule has 0 aliphatic rings. The van der Waals surface area contributed by atoms with Gasteiger partial charge < -0.3 is 5.32 Å². The molecule has 0 atom stereocenters. The van der Waals surface area contributed by atoms with Crippen LogP contribution in [0, 0.1) is 6.92 Å². The first-order valence-corrected chi connectivity index (χ1v) is 4.69. The summed E-state index contributed by atoms with van der Waals surface area (Å²) in [7, 11) is 0. The van der Waals surface area contributed by atoms with Gasteiger partial charge in [-0.05, 0) is 19.9 Å². The average molecular weight is 205 g/mol. The van der Waals surface area contributed by atoms with E-state index in [2.05, 4.69) is 20.4 Å². The Kier molecular flexibility index (Phi) is 2.32. The van der Waals surface area contributed by atoms with Crippen LogP contribution in [0.4, 0.5) is 0 Å². The van der Waals surface area contributed by atoms with Gasteiger partial charge >= 0.3 is 0 Å². The SMILES string of the molecule is CCNC(=O)c1nc2nccc(C)n2n1. The fourth-order valence-electron chi connectivity index (χ4n) is 1.24. The van der Waals surface area contributed by atoms with Crippen molar-refractivity contribution in [3.8, 4) is 0 Å². The summed E-state index contributed by atoms with van der Waals surface area (Å²) in [6.07, 6.45) is 1.64. The molecule has 2 rings (SSSR count). The number of hydrogen-bond donors (Lipinski definition) is 1. The smallest absolute Gasteiger partial charge is 0.291 e. The van der Waals surface area contributed by atoms with Crippen LogP contribution in [0.15, 0.2) is 12.3 Å². The Morgan fingerprint density at radius 3 is 3.07 bits per heavy atom. The third kappa shape index (κ3) is 1.65. The molecule has 0 aliphatic carbocycles. The number of hydrogen-bond acceptors (Lipinski definition) is 4. The minimum Gasteiger partial charge on any atom is -0.350 e. The lowest BCUT2D eigenvalue weighted by Gasteiger charge is -1.94. The standard InChI is InChI=1S/C9H11N5O/c1-3-10-8(15)7-12-9-11-5-4-6(2)14(9)13-7/h4-5H,3H2,1-2H3,(H,10,15). The van der Waals surface area contributed by atoms with Gasteiger partial charge in [-0.25, -0.2) is 9.50 Å². The number of nitrogens with one attached hydrogen (secondary N) is 1. The molecule has 0 spiro atoms. The summed E-state index contributed by atoms with van der Waals surface area (Å²) >= 11 is 0. The molecule has 1 amide bonds. The van der Waals surface area contributed by atoms with Crippen LogP contribution in [0.1, 0.15) is 23.2 Å². The molecule has 2 aromatic heterocycles. The number of fused-ring (bicyclic) bond motifs is 1. The van der Waals surface area contributed by atoms with Crippen molar-refractivity contribution in [3.05, 3.63) is 23.8 Å². The molecule has 0 fully saturated rings. The Bertz CT molecular complexity index is 504. The largest absolute Gasteiger partial charge is 0.350 e.